The molecule has 0 aliphatic rings. The Morgan fingerprint density at radius 1 is 1.78 bits per heavy atom. The maximum Gasteiger partial charge on any atom is 0.193 e. The molecule has 1 rings (SSSR count). The summed E-state index contributed by atoms with van der Waals surface area (Å²) in [5.41, 5.74) is 6.24. The average molecular weight is 126 g/mol. The Labute approximate surface area is 53.5 Å². The first-order valence-corrected chi connectivity index (χ1v) is 2.83. The van der Waals surface area contributed by atoms with Gasteiger partial charge in [0.05, 0.1) is 0 Å². The Balaban J connectivity index is 2.94. The minimum Gasteiger partial charge on any atom is -0.494 e. The molecular formula is C6H10N2O. The van der Waals surface area contributed by atoms with Crippen molar-refractivity contribution in [3.8, 4) is 5.88 Å². The van der Waals surface area contributed by atoms with Crippen LogP contribution in [0, 0.1) is 0 Å². The lowest BCUT2D eigenvalue weighted by atomic mass is 10.2. The van der Waals surface area contributed by atoms with E-state index < -0.39 is 0 Å². The summed E-state index contributed by atoms with van der Waals surface area (Å²) in [6, 6.07) is 1.66. The molecule has 1 aromatic heterocycles. The number of aromatic hydroxyl groups is 1. The maximum atomic E-state index is 8.99. The van der Waals surface area contributed by atoms with Crippen LogP contribution in [0.4, 0.5) is 0 Å². The van der Waals surface area contributed by atoms with Crippen molar-refractivity contribution in [1.29, 1.82) is 0 Å². The van der Waals surface area contributed by atoms with E-state index in [-0.39, 0.29) is 11.9 Å². The second kappa shape index (κ2) is 2.11. The summed E-state index contributed by atoms with van der Waals surface area (Å²) >= 11 is 0. The van der Waals surface area contributed by atoms with Crippen molar-refractivity contribution >= 4 is 0 Å². The molecule has 0 bridgehead atoms. The monoisotopic (exact) mass is 126 g/mol. The number of hydrogen-bond donors (Lipinski definition) is 3. The molecule has 1 atom stereocenters. The molecule has 1 aromatic rings. The Morgan fingerprint density at radius 3 is 2.67 bits per heavy atom. The molecule has 0 aromatic carbocycles. The minimum absolute atomic E-state index is 0.101. The van der Waals surface area contributed by atoms with Crippen molar-refractivity contribution in [1.82, 2.24) is 4.98 Å². The van der Waals surface area contributed by atoms with Crippen molar-refractivity contribution in [3.05, 3.63) is 17.8 Å². The van der Waals surface area contributed by atoms with Gasteiger partial charge in [0.25, 0.3) is 0 Å². The third kappa shape index (κ3) is 1.05. The molecule has 0 aliphatic carbocycles. The maximum absolute atomic E-state index is 8.99. The standard InChI is InChI=1S/C6H10N2O/c1-4(7)5-2-3-8-6(5)9/h2-4,8-9H,7H2,1H3/t4-/m1/s1. The van der Waals surface area contributed by atoms with E-state index in [0.717, 1.165) is 5.56 Å². The molecule has 0 fully saturated rings. The van der Waals surface area contributed by atoms with Crippen molar-refractivity contribution in [2.75, 3.05) is 0 Å². The molecule has 0 spiro atoms. The van der Waals surface area contributed by atoms with Gasteiger partial charge in [0.1, 0.15) is 0 Å². The van der Waals surface area contributed by atoms with E-state index in [4.69, 9.17) is 10.8 Å². The predicted octanol–water partition coefficient (Wildman–Crippen LogP) is 0.740. The third-order valence-corrected chi connectivity index (χ3v) is 1.25. The van der Waals surface area contributed by atoms with E-state index in [1.54, 1.807) is 12.3 Å². The first-order chi connectivity index (χ1) is 4.22. The molecule has 0 aliphatic heterocycles. The molecule has 0 saturated carbocycles. The van der Waals surface area contributed by atoms with Gasteiger partial charge in [-0.05, 0) is 13.0 Å². The fraction of sp³-hybridized carbons (Fsp3) is 0.333. The molecule has 0 radical (unpaired) electrons. The SMILES string of the molecule is C[C@@H](N)c1cc[nH]c1O. The van der Waals surface area contributed by atoms with Crippen LogP contribution in [0.5, 0.6) is 5.88 Å². The highest BCUT2D eigenvalue weighted by Gasteiger charge is 2.04. The summed E-state index contributed by atoms with van der Waals surface area (Å²) in [4.78, 5) is 2.63. The highest BCUT2D eigenvalue weighted by Crippen LogP contribution is 2.18. The quantitative estimate of drug-likeness (QED) is 0.519. The van der Waals surface area contributed by atoms with Crippen LogP contribution in [0.25, 0.3) is 0 Å². The zero-order valence-electron chi connectivity index (χ0n) is 5.26. The van der Waals surface area contributed by atoms with Crippen LogP contribution in [-0.4, -0.2) is 10.1 Å². The van der Waals surface area contributed by atoms with Gasteiger partial charge in [0.15, 0.2) is 5.88 Å². The fourth-order valence-corrected chi connectivity index (χ4v) is 0.740. The number of hydrogen-bond acceptors (Lipinski definition) is 2. The number of aromatic nitrogens is 1. The molecule has 3 nitrogen and oxygen atoms in total. The van der Waals surface area contributed by atoms with Gasteiger partial charge >= 0.3 is 0 Å². The number of nitrogens with two attached hydrogens (primary N) is 1. The van der Waals surface area contributed by atoms with Crippen molar-refractivity contribution in [3.63, 3.8) is 0 Å². The lowest BCUT2D eigenvalue weighted by Gasteiger charge is -1.99. The highest BCUT2D eigenvalue weighted by atomic mass is 16.3. The van der Waals surface area contributed by atoms with E-state index in [9.17, 15) is 0 Å². The van der Waals surface area contributed by atoms with Gasteiger partial charge in [0.2, 0.25) is 0 Å². The van der Waals surface area contributed by atoms with Gasteiger partial charge in [0, 0.05) is 17.8 Å². The molecule has 4 N–H and O–H groups in total. The van der Waals surface area contributed by atoms with E-state index in [1.807, 2.05) is 6.92 Å². The Bertz CT molecular complexity index is 193. The zero-order chi connectivity index (χ0) is 6.85. The fourth-order valence-electron chi connectivity index (χ4n) is 0.740. The Kier molecular flexibility index (Phi) is 1.44. The molecule has 1 heterocycles. The lowest BCUT2D eigenvalue weighted by Crippen LogP contribution is -2.03. The van der Waals surface area contributed by atoms with Gasteiger partial charge < -0.3 is 15.8 Å². The second-order valence-corrected chi connectivity index (χ2v) is 2.07. The smallest absolute Gasteiger partial charge is 0.193 e. The summed E-state index contributed by atoms with van der Waals surface area (Å²) < 4.78 is 0. The van der Waals surface area contributed by atoms with E-state index in [2.05, 4.69) is 4.98 Å². The van der Waals surface area contributed by atoms with Gasteiger partial charge in [-0.2, -0.15) is 0 Å². The van der Waals surface area contributed by atoms with Gasteiger partial charge in [-0.1, -0.05) is 0 Å². The Hall–Kier alpha value is -0.960. The number of H-pyrrole nitrogens is 1. The van der Waals surface area contributed by atoms with Crippen LogP contribution in [-0.2, 0) is 0 Å². The second-order valence-electron chi connectivity index (χ2n) is 2.07. The summed E-state index contributed by atoms with van der Waals surface area (Å²) in [6.07, 6.45) is 1.66. The van der Waals surface area contributed by atoms with Crippen LogP contribution in [0.1, 0.15) is 18.5 Å². The Morgan fingerprint density at radius 2 is 2.44 bits per heavy atom. The summed E-state index contributed by atoms with van der Waals surface area (Å²) in [5.74, 6) is 0.171. The van der Waals surface area contributed by atoms with Gasteiger partial charge in [-0.25, -0.2) is 0 Å². The van der Waals surface area contributed by atoms with E-state index in [1.165, 1.54) is 0 Å². The van der Waals surface area contributed by atoms with E-state index in [0.29, 0.717) is 0 Å². The molecule has 50 valence electrons. The van der Waals surface area contributed by atoms with Crippen LogP contribution in [0.3, 0.4) is 0 Å². The highest BCUT2D eigenvalue weighted by molar-refractivity contribution is 5.27. The molecule has 0 saturated heterocycles. The third-order valence-electron chi connectivity index (χ3n) is 1.25. The van der Waals surface area contributed by atoms with Crippen LogP contribution in [0.15, 0.2) is 12.3 Å². The van der Waals surface area contributed by atoms with Crippen LogP contribution < -0.4 is 5.73 Å². The van der Waals surface area contributed by atoms with Crippen LogP contribution >= 0.6 is 0 Å². The minimum atomic E-state index is -0.101. The summed E-state index contributed by atoms with van der Waals surface area (Å²) in [7, 11) is 0. The first kappa shape index (κ1) is 6.16. The van der Waals surface area contributed by atoms with Gasteiger partial charge in [-0.15, -0.1) is 0 Å². The van der Waals surface area contributed by atoms with Crippen LogP contribution in [0.2, 0.25) is 0 Å². The number of rotatable bonds is 1. The number of aromatic amines is 1. The van der Waals surface area contributed by atoms with E-state index >= 15 is 0 Å². The normalized spacial score (nSPS) is 13.6. The summed E-state index contributed by atoms with van der Waals surface area (Å²) in [5, 5.41) is 8.99. The molecular weight excluding hydrogens is 116 g/mol. The molecule has 0 amide bonds. The molecule has 3 heteroatoms. The number of nitrogens with one attached hydrogen (secondary N) is 1. The molecule has 9 heavy (non-hydrogen) atoms. The lowest BCUT2D eigenvalue weighted by molar-refractivity contribution is 0.446. The predicted molar refractivity (Wildman–Crippen MR) is 35.1 cm³/mol. The molecule has 0 unspecified atom stereocenters. The zero-order valence-corrected chi connectivity index (χ0v) is 5.26. The van der Waals surface area contributed by atoms with Gasteiger partial charge in [-0.3, -0.25) is 0 Å². The first-order valence-electron chi connectivity index (χ1n) is 2.83. The average Bonchev–Trinajstić information content (AvgIpc) is 2.13. The topological polar surface area (TPSA) is 62.0 Å². The summed E-state index contributed by atoms with van der Waals surface area (Å²) in [6.45, 7) is 1.82. The largest absolute Gasteiger partial charge is 0.494 e. The van der Waals surface area contributed by atoms with Crippen molar-refractivity contribution in [2.24, 2.45) is 5.73 Å². The van der Waals surface area contributed by atoms with Crippen molar-refractivity contribution in [2.45, 2.75) is 13.0 Å². The van der Waals surface area contributed by atoms with Crippen molar-refractivity contribution < 1.29 is 5.11 Å².